The molecule has 23 heavy (non-hydrogen) atoms. The van der Waals surface area contributed by atoms with Gasteiger partial charge in [-0.05, 0) is 32.1 Å². The van der Waals surface area contributed by atoms with Crippen LogP contribution in [0.2, 0.25) is 0 Å². The van der Waals surface area contributed by atoms with E-state index < -0.39 is 16.8 Å². The summed E-state index contributed by atoms with van der Waals surface area (Å²) < 4.78 is 0. The normalized spacial score (nSPS) is 24.5. The van der Waals surface area contributed by atoms with Crippen molar-refractivity contribution in [2.45, 2.75) is 47.0 Å². The summed E-state index contributed by atoms with van der Waals surface area (Å²) in [5.74, 6) is -1.69. The molecule has 1 atom stereocenters. The number of aliphatic hydroxyl groups is 1. The Hall–Kier alpha value is -2.11. The number of Topliss-reactive ketones (excluding diaryl/α,β-unsaturated/α-hetero) is 1. The van der Waals surface area contributed by atoms with Gasteiger partial charge in [0.05, 0.1) is 5.71 Å². The fourth-order valence-corrected chi connectivity index (χ4v) is 3.03. The van der Waals surface area contributed by atoms with Gasteiger partial charge in [0.1, 0.15) is 17.8 Å². The zero-order valence-corrected chi connectivity index (χ0v) is 14.2. The molecule has 6 nitrogen and oxygen atoms in total. The number of hydrogen-bond acceptors (Lipinski definition) is 5. The van der Waals surface area contributed by atoms with Crippen molar-refractivity contribution in [2.24, 2.45) is 16.0 Å². The number of aliphatic hydroxyl groups excluding tert-OH is 1. The standard InChI is InChI=1S/C17H25NO5/c1-6-9-23-18-11(2)7-8-17(15(21)22)14(20)12(3)13(19)10-16(17,4)5/h6,20H,1,7-10H2,2-5H3,(H,21,22). The first-order chi connectivity index (χ1) is 10.6. The molecular formula is C17H25NO5. The predicted molar refractivity (Wildman–Crippen MR) is 87.3 cm³/mol. The van der Waals surface area contributed by atoms with Crippen molar-refractivity contribution in [3.05, 3.63) is 24.0 Å². The Morgan fingerprint density at radius 2 is 2.09 bits per heavy atom. The van der Waals surface area contributed by atoms with Gasteiger partial charge < -0.3 is 15.1 Å². The highest BCUT2D eigenvalue weighted by Crippen LogP contribution is 2.54. The minimum Gasteiger partial charge on any atom is -0.511 e. The molecular weight excluding hydrogens is 298 g/mol. The summed E-state index contributed by atoms with van der Waals surface area (Å²) in [4.78, 5) is 29.0. The number of carboxylic acid groups (broad SMARTS) is 1. The molecule has 6 heteroatoms. The van der Waals surface area contributed by atoms with Gasteiger partial charge in [-0.25, -0.2) is 0 Å². The molecule has 0 aromatic heterocycles. The van der Waals surface area contributed by atoms with E-state index in [1.54, 1.807) is 26.8 Å². The van der Waals surface area contributed by atoms with Gasteiger partial charge in [-0.3, -0.25) is 9.59 Å². The topological polar surface area (TPSA) is 96.2 Å². The lowest BCUT2D eigenvalue weighted by molar-refractivity contribution is -0.159. The first-order valence-corrected chi connectivity index (χ1v) is 7.53. The van der Waals surface area contributed by atoms with Gasteiger partial charge in [0, 0.05) is 12.0 Å². The van der Waals surface area contributed by atoms with Crippen LogP contribution in [0.5, 0.6) is 0 Å². The van der Waals surface area contributed by atoms with Crippen LogP contribution in [0, 0.1) is 10.8 Å². The Bertz CT molecular complexity index is 574. The van der Waals surface area contributed by atoms with Crippen molar-refractivity contribution in [1.82, 2.24) is 0 Å². The van der Waals surface area contributed by atoms with Crippen LogP contribution in [0.25, 0.3) is 0 Å². The Kier molecular flexibility index (Phi) is 5.75. The van der Waals surface area contributed by atoms with Crippen LogP contribution >= 0.6 is 0 Å². The Labute approximate surface area is 136 Å². The molecule has 2 N–H and O–H groups in total. The molecule has 0 aromatic carbocycles. The fraction of sp³-hybridized carbons (Fsp3) is 0.588. The number of aliphatic carboxylic acids is 1. The molecule has 1 aliphatic rings. The number of carbonyl (C=O) groups is 2. The molecule has 0 radical (unpaired) electrons. The smallest absolute Gasteiger partial charge is 0.317 e. The van der Waals surface area contributed by atoms with Gasteiger partial charge in [-0.15, -0.1) is 0 Å². The third-order valence-corrected chi connectivity index (χ3v) is 4.58. The number of allylic oxidation sites excluding steroid dienone is 1. The maximum atomic E-state index is 12.0. The van der Waals surface area contributed by atoms with Gasteiger partial charge in [-0.1, -0.05) is 31.7 Å². The molecule has 0 amide bonds. The SMILES string of the molecule is C=CCON=C(C)CCC1(C(=O)O)C(O)=C(C)C(=O)CC1(C)C. The van der Waals surface area contributed by atoms with E-state index in [4.69, 9.17) is 4.84 Å². The summed E-state index contributed by atoms with van der Waals surface area (Å²) >= 11 is 0. The summed E-state index contributed by atoms with van der Waals surface area (Å²) in [7, 11) is 0. The molecule has 1 rings (SSSR count). The van der Waals surface area contributed by atoms with Crippen molar-refractivity contribution in [3.63, 3.8) is 0 Å². The third kappa shape index (κ3) is 3.46. The number of carboxylic acids is 1. The molecule has 0 heterocycles. The Morgan fingerprint density at radius 3 is 2.61 bits per heavy atom. The molecule has 0 spiro atoms. The van der Waals surface area contributed by atoms with Crippen LogP contribution in [-0.4, -0.2) is 34.3 Å². The number of nitrogens with zero attached hydrogens (tertiary/aromatic N) is 1. The Balaban J connectivity index is 3.17. The maximum Gasteiger partial charge on any atom is 0.317 e. The molecule has 0 fully saturated rings. The largest absolute Gasteiger partial charge is 0.511 e. The van der Waals surface area contributed by atoms with Gasteiger partial charge in [0.2, 0.25) is 0 Å². The zero-order valence-electron chi connectivity index (χ0n) is 14.2. The van der Waals surface area contributed by atoms with Crippen molar-refractivity contribution in [1.29, 1.82) is 0 Å². The average molecular weight is 323 g/mol. The second-order valence-corrected chi connectivity index (χ2v) is 6.58. The number of rotatable bonds is 7. The summed E-state index contributed by atoms with van der Waals surface area (Å²) in [6.07, 6.45) is 2.11. The summed E-state index contributed by atoms with van der Waals surface area (Å²) in [5, 5.41) is 24.2. The van der Waals surface area contributed by atoms with E-state index in [0.717, 1.165) is 0 Å². The predicted octanol–water partition coefficient (Wildman–Crippen LogP) is 3.25. The second kappa shape index (κ2) is 6.98. The van der Waals surface area contributed by atoms with E-state index in [1.807, 2.05) is 0 Å². The van der Waals surface area contributed by atoms with E-state index in [9.17, 15) is 19.8 Å². The summed E-state index contributed by atoms with van der Waals surface area (Å²) in [5.41, 5.74) is -1.67. The van der Waals surface area contributed by atoms with Crippen molar-refractivity contribution >= 4 is 17.5 Å². The first kappa shape index (κ1) is 18.9. The first-order valence-electron chi connectivity index (χ1n) is 7.53. The molecule has 0 aliphatic heterocycles. The minimum atomic E-state index is -1.51. The van der Waals surface area contributed by atoms with Crippen LogP contribution in [0.1, 0.15) is 47.0 Å². The van der Waals surface area contributed by atoms with Gasteiger partial charge in [0.15, 0.2) is 5.78 Å². The van der Waals surface area contributed by atoms with Crippen LogP contribution in [0.4, 0.5) is 0 Å². The lowest BCUT2D eigenvalue weighted by Crippen LogP contribution is -2.51. The molecule has 0 saturated carbocycles. The van der Waals surface area contributed by atoms with E-state index in [2.05, 4.69) is 11.7 Å². The van der Waals surface area contributed by atoms with Crippen LogP contribution in [0.15, 0.2) is 29.1 Å². The van der Waals surface area contributed by atoms with Crippen LogP contribution in [0.3, 0.4) is 0 Å². The highest BCUT2D eigenvalue weighted by atomic mass is 16.6. The van der Waals surface area contributed by atoms with E-state index >= 15 is 0 Å². The lowest BCUT2D eigenvalue weighted by atomic mass is 9.56. The van der Waals surface area contributed by atoms with E-state index in [0.29, 0.717) is 12.1 Å². The van der Waals surface area contributed by atoms with E-state index in [-0.39, 0.29) is 36.6 Å². The fourth-order valence-electron chi connectivity index (χ4n) is 3.03. The van der Waals surface area contributed by atoms with Gasteiger partial charge in [-0.2, -0.15) is 0 Å². The molecule has 1 unspecified atom stereocenters. The second-order valence-electron chi connectivity index (χ2n) is 6.58. The number of hydrogen-bond donors (Lipinski definition) is 2. The molecule has 0 bridgehead atoms. The average Bonchev–Trinajstić information content (AvgIpc) is 2.44. The minimum absolute atomic E-state index is 0.0817. The highest BCUT2D eigenvalue weighted by Gasteiger charge is 2.58. The zero-order chi connectivity index (χ0) is 17.8. The van der Waals surface area contributed by atoms with Crippen LogP contribution < -0.4 is 0 Å². The number of oxime groups is 1. The molecule has 0 saturated heterocycles. The maximum absolute atomic E-state index is 12.0. The third-order valence-electron chi connectivity index (χ3n) is 4.58. The molecule has 1 aliphatic carbocycles. The van der Waals surface area contributed by atoms with Crippen molar-refractivity contribution in [3.8, 4) is 0 Å². The quantitative estimate of drug-likeness (QED) is 0.324. The highest BCUT2D eigenvalue weighted by molar-refractivity contribution is 6.00. The molecule has 0 aromatic rings. The van der Waals surface area contributed by atoms with Gasteiger partial charge >= 0.3 is 5.97 Å². The van der Waals surface area contributed by atoms with E-state index in [1.165, 1.54) is 6.92 Å². The number of ketones is 1. The lowest BCUT2D eigenvalue weighted by Gasteiger charge is -2.46. The summed E-state index contributed by atoms with van der Waals surface area (Å²) in [6, 6.07) is 0. The van der Waals surface area contributed by atoms with Gasteiger partial charge in [0.25, 0.3) is 0 Å². The monoisotopic (exact) mass is 323 g/mol. The van der Waals surface area contributed by atoms with Crippen LogP contribution in [-0.2, 0) is 14.4 Å². The Morgan fingerprint density at radius 1 is 1.48 bits per heavy atom. The molecule has 128 valence electrons. The number of carbonyl (C=O) groups excluding carboxylic acids is 1. The van der Waals surface area contributed by atoms with Crippen molar-refractivity contribution < 1.29 is 24.6 Å². The summed E-state index contributed by atoms with van der Waals surface area (Å²) in [6.45, 7) is 10.4. The van der Waals surface area contributed by atoms with Crippen molar-refractivity contribution in [2.75, 3.05) is 6.61 Å².